The van der Waals surface area contributed by atoms with E-state index >= 15 is 0 Å². The van der Waals surface area contributed by atoms with Gasteiger partial charge in [0, 0.05) is 32.2 Å². The van der Waals surface area contributed by atoms with Crippen molar-refractivity contribution in [3.8, 4) is 11.8 Å². The fourth-order valence-electron chi connectivity index (χ4n) is 8.91. The molecule has 6 aromatic rings. The highest BCUT2D eigenvalue weighted by Gasteiger charge is 2.32. The quantitative estimate of drug-likeness (QED) is 0.126. The Morgan fingerprint density at radius 2 is 0.882 bits per heavy atom. The van der Waals surface area contributed by atoms with Gasteiger partial charge >= 0.3 is 12.2 Å². The molecule has 76 heavy (non-hydrogen) atoms. The molecule has 6 heterocycles. The van der Waals surface area contributed by atoms with Crippen molar-refractivity contribution in [1.29, 1.82) is 0 Å². The van der Waals surface area contributed by atoms with Gasteiger partial charge in [-0.25, -0.2) is 44.5 Å². The van der Waals surface area contributed by atoms with Crippen molar-refractivity contribution < 1.29 is 33.6 Å². The highest BCUT2D eigenvalue weighted by molar-refractivity contribution is 7.18. The van der Waals surface area contributed by atoms with Crippen LogP contribution in [0.5, 0.6) is 11.8 Å². The fourth-order valence-corrected chi connectivity index (χ4v) is 11.7. The molecule has 3 saturated carbocycles. The van der Waals surface area contributed by atoms with Crippen LogP contribution in [0.2, 0.25) is 5.15 Å². The largest absolute Gasteiger partial charge is 0.473 e. The smallest absolute Gasteiger partial charge is 0.410 e. The average Bonchev–Trinajstić information content (AvgIpc) is 4.15. The summed E-state index contributed by atoms with van der Waals surface area (Å²) in [4.78, 5) is 71.0. The maximum absolute atomic E-state index is 12.3. The minimum absolute atomic E-state index is 0.0816. The monoisotopic (exact) mass is 1130 g/mol. The van der Waals surface area contributed by atoms with Crippen LogP contribution in [0.1, 0.15) is 154 Å². The van der Waals surface area contributed by atoms with Gasteiger partial charge in [0.05, 0.1) is 21.1 Å². The highest BCUT2D eigenvalue weighted by atomic mass is 35.5. The second kappa shape index (κ2) is 27.7. The third-order valence-electron chi connectivity index (χ3n) is 13.2. The predicted molar refractivity (Wildman–Crippen MR) is 302 cm³/mol. The second-order valence-electron chi connectivity index (χ2n) is 21.6. The van der Waals surface area contributed by atoms with Crippen LogP contribution in [-0.4, -0.2) is 153 Å². The van der Waals surface area contributed by atoms with Crippen LogP contribution in [-0.2, 0) is 28.7 Å². The van der Waals surface area contributed by atoms with Gasteiger partial charge in [-0.05, 0) is 152 Å². The number of fused-ring (bicyclic) bond motifs is 3. The Balaban J connectivity index is 0.000000171. The van der Waals surface area contributed by atoms with Crippen LogP contribution in [0.15, 0.2) is 19.0 Å². The van der Waals surface area contributed by atoms with Crippen LogP contribution in [0.25, 0.3) is 31.0 Å². The normalized spacial score (nSPS) is 20.8. The van der Waals surface area contributed by atoms with Gasteiger partial charge < -0.3 is 38.8 Å². The fraction of sp³-hybridized carbons (Fsp3) is 0.679. The van der Waals surface area contributed by atoms with E-state index in [1.54, 1.807) is 57.2 Å². The van der Waals surface area contributed by atoms with E-state index in [1.165, 1.54) is 25.5 Å². The Kier molecular flexibility index (Phi) is 22.1. The predicted octanol–water partition coefficient (Wildman–Crippen LogP) is 11.6. The van der Waals surface area contributed by atoms with E-state index in [2.05, 4.69) is 84.6 Å². The molecule has 0 atom stereocenters. The Hall–Kier alpha value is -4.74. The van der Waals surface area contributed by atoms with Gasteiger partial charge in [0.2, 0.25) is 11.8 Å². The van der Waals surface area contributed by atoms with Crippen LogP contribution in [0.4, 0.5) is 9.59 Å². The minimum Gasteiger partial charge on any atom is -0.473 e. The molecule has 1 N–H and O–H groups in total. The third kappa shape index (κ3) is 17.6. The number of ether oxygens (including phenoxy) is 4. The van der Waals surface area contributed by atoms with E-state index in [9.17, 15) is 14.7 Å². The summed E-state index contributed by atoms with van der Waals surface area (Å²) in [5.74, 6) is 1.23. The number of hydrogen-bond acceptors (Lipinski definition) is 20. The van der Waals surface area contributed by atoms with Crippen molar-refractivity contribution in [3.05, 3.63) is 39.2 Å². The summed E-state index contributed by atoms with van der Waals surface area (Å²) < 4.78 is 23.1. The average molecular weight is 1130 g/mol. The molecule has 23 heteroatoms. The molecule has 0 aliphatic heterocycles. The van der Waals surface area contributed by atoms with Gasteiger partial charge in [-0.15, -0.1) is 0 Å². The molecule has 0 radical (unpaired) electrons. The molecule has 9 rings (SSSR count). The molecule has 3 aliphatic rings. The Bertz CT molecular complexity index is 2780. The van der Waals surface area contributed by atoms with Crippen molar-refractivity contribution in [2.75, 3.05) is 28.2 Å². The van der Waals surface area contributed by atoms with Crippen molar-refractivity contribution in [2.24, 2.45) is 0 Å². The Morgan fingerprint density at radius 3 is 1.24 bits per heavy atom. The summed E-state index contributed by atoms with van der Waals surface area (Å²) >= 11 is 10.6. The van der Waals surface area contributed by atoms with Crippen molar-refractivity contribution in [2.45, 2.75) is 206 Å². The van der Waals surface area contributed by atoms with E-state index in [0.29, 0.717) is 23.0 Å². The van der Waals surface area contributed by atoms with Crippen LogP contribution in [0, 0.1) is 0 Å². The molecule has 3 fully saturated rings. The molecule has 0 aromatic carbocycles. The first-order valence-electron chi connectivity index (χ1n) is 26.6. The number of thiazole rings is 3. The van der Waals surface area contributed by atoms with E-state index in [1.807, 2.05) is 48.6 Å². The maximum Gasteiger partial charge on any atom is 0.410 e. The minimum atomic E-state index is -0.477. The first-order valence-corrected chi connectivity index (χ1v) is 29.4. The zero-order chi connectivity index (χ0) is 55.3. The number of rotatable bonds is 10. The van der Waals surface area contributed by atoms with Crippen molar-refractivity contribution in [3.63, 3.8) is 0 Å². The topological polar surface area (TPSA) is 217 Å². The first-order chi connectivity index (χ1) is 36.0. The lowest BCUT2D eigenvalue weighted by molar-refractivity contribution is 0.0119. The lowest BCUT2D eigenvalue weighted by Gasteiger charge is -2.35. The summed E-state index contributed by atoms with van der Waals surface area (Å²) in [6.07, 6.45) is 18.2. The van der Waals surface area contributed by atoms with Gasteiger partial charge in [0.15, 0.2) is 25.8 Å². The molecule has 0 bridgehead atoms. The van der Waals surface area contributed by atoms with Gasteiger partial charge in [-0.3, -0.25) is 0 Å². The van der Waals surface area contributed by atoms with Crippen molar-refractivity contribution in [1.82, 2.24) is 59.6 Å². The van der Waals surface area contributed by atoms with E-state index < -0.39 is 11.2 Å². The van der Waals surface area contributed by atoms with E-state index in [4.69, 9.17) is 30.5 Å². The summed E-state index contributed by atoms with van der Waals surface area (Å²) in [5, 5.41) is 13.0. The number of aromatic nitrogens is 9. The molecule has 19 nitrogen and oxygen atoms in total. The standard InChI is InChI=1S/C19H28N4O3S.C15H22N4OS.C12H23NO3.C7H6ClN3S/c1-6-14-22-15-16(20-11-21-17(15)27-14)25-13-9-7-12(8-10-13)23(5)18(24)26-19(2,3)4;1-4-12-18-13-14(16-9-17-15(13)21-12)20-11-7-5-10(6-8-11)19(2)3;1-12(2,3)16-11(15)13(4)9-5-7-10(14)8-6-9;1-2-4-11-5-6(8)9-3-10-7(5)12-4/h11-13H,6-10H2,1-5H3;9-11H,4-8H2,1-3H3;9-10,14H,5-8H2,1-4H3;3H,2H2,1H3. The van der Waals surface area contributed by atoms with Gasteiger partial charge in [-0.1, -0.05) is 66.4 Å². The number of hydrogen-bond donors (Lipinski definition) is 1. The van der Waals surface area contributed by atoms with E-state index in [0.717, 1.165) is 130 Å². The van der Waals surface area contributed by atoms with Gasteiger partial charge in [0.1, 0.15) is 52.7 Å². The molecule has 2 amide bonds. The zero-order valence-electron chi connectivity index (χ0n) is 46.7. The van der Waals surface area contributed by atoms with Gasteiger partial charge in [-0.2, -0.15) is 9.97 Å². The Labute approximate surface area is 465 Å². The van der Waals surface area contributed by atoms with Crippen LogP contribution < -0.4 is 9.47 Å². The number of aliphatic hydroxyl groups is 1. The number of aryl methyl sites for hydroxylation is 3. The number of nitrogens with zero attached hydrogens (tertiary/aromatic N) is 12. The molecule has 418 valence electrons. The lowest BCUT2D eigenvalue weighted by atomic mass is 9.92. The summed E-state index contributed by atoms with van der Waals surface area (Å²) in [5.41, 5.74) is 1.39. The molecular formula is C53H79ClN12O7S3. The number of carbonyl (C=O) groups excluding carboxylic acids is 2. The maximum atomic E-state index is 12.3. The first kappa shape index (κ1) is 60.5. The van der Waals surface area contributed by atoms with E-state index in [-0.39, 0.29) is 42.6 Å². The molecule has 6 aromatic heterocycles. The van der Waals surface area contributed by atoms with Gasteiger partial charge in [0.25, 0.3) is 0 Å². The number of halogens is 1. The van der Waals surface area contributed by atoms with Crippen molar-refractivity contribution >= 4 is 88.8 Å². The lowest BCUT2D eigenvalue weighted by Crippen LogP contribution is -2.43. The van der Waals surface area contributed by atoms with Crippen LogP contribution >= 0.6 is 45.6 Å². The summed E-state index contributed by atoms with van der Waals surface area (Å²) in [7, 11) is 7.90. The number of amides is 2. The molecular weight excluding hydrogens is 1050 g/mol. The number of carbonyl (C=O) groups is 2. The SMILES string of the molecule is CCc1nc2c(Cl)ncnc2s1.CCc1nc2c(OC3CCC(N(C)C(=O)OC(C)(C)C)CC3)ncnc2s1.CCc1nc2c(OC3CCC(N(C)C)CC3)ncnc2s1.CN(C(=O)OC(C)(C)C)C1CCC(O)CC1. The summed E-state index contributed by atoms with van der Waals surface area (Å²) in [6.45, 7) is 17.5. The Morgan fingerprint density at radius 1 is 0.539 bits per heavy atom. The van der Waals surface area contributed by atoms with Crippen LogP contribution in [0.3, 0.4) is 0 Å². The molecule has 0 saturated heterocycles. The second-order valence-corrected chi connectivity index (χ2v) is 25.1. The molecule has 3 aliphatic carbocycles. The molecule has 0 spiro atoms. The number of aliphatic hydroxyl groups excluding tert-OH is 1. The third-order valence-corrected chi connectivity index (χ3v) is 16.8. The summed E-state index contributed by atoms with van der Waals surface area (Å²) in [6, 6.07) is 1.07. The highest BCUT2D eigenvalue weighted by Crippen LogP contribution is 2.33. The zero-order valence-corrected chi connectivity index (χ0v) is 49.9. The molecule has 0 unspecified atom stereocenters.